The van der Waals surface area contributed by atoms with Crippen LogP contribution in [0.2, 0.25) is 0 Å². The van der Waals surface area contributed by atoms with E-state index in [-0.39, 0.29) is 23.6 Å². The summed E-state index contributed by atoms with van der Waals surface area (Å²) >= 11 is 1.48. The molecule has 0 saturated carbocycles. The Labute approximate surface area is 204 Å². The Balaban J connectivity index is 1.27. The van der Waals surface area contributed by atoms with Gasteiger partial charge in [0.15, 0.2) is 0 Å². The number of likely N-dealkylation sites (tertiary alicyclic amines) is 1. The highest BCUT2D eigenvalue weighted by Gasteiger charge is 2.38. The summed E-state index contributed by atoms with van der Waals surface area (Å²) in [6, 6.07) is 18.9. The molecule has 2 saturated heterocycles. The van der Waals surface area contributed by atoms with Crippen molar-refractivity contribution in [3.8, 4) is 5.75 Å². The second-order valence-electron chi connectivity index (χ2n) is 9.10. The van der Waals surface area contributed by atoms with Gasteiger partial charge in [0.2, 0.25) is 0 Å². The van der Waals surface area contributed by atoms with Gasteiger partial charge in [-0.1, -0.05) is 24.3 Å². The molecule has 0 radical (unpaired) electrons. The van der Waals surface area contributed by atoms with E-state index in [1.54, 1.807) is 19.2 Å². The summed E-state index contributed by atoms with van der Waals surface area (Å²) in [5.41, 5.74) is 2.17. The van der Waals surface area contributed by atoms with Gasteiger partial charge in [0.1, 0.15) is 11.6 Å². The topological polar surface area (TPSA) is 36.0 Å². The Morgan fingerprint density at radius 2 is 1.85 bits per heavy atom. The van der Waals surface area contributed by atoms with Gasteiger partial charge in [0, 0.05) is 63.5 Å². The monoisotopic (exact) mass is 479 g/mol. The normalized spacial score (nSPS) is 21.1. The van der Waals surface area contributed by atoms with E-state index in [9.17, 15) is 9.18 Å². The number of nitrogens with zero attached hydrogens (tertiary/aromatic N) is 3. The summed E-state index contributed by atoms with van der Waals surface area (Å²) < 4.78 is 19.4. The van der Waals surface area contributed by atoms with Crippen molar-refractivity contribution in [1.82, 2.24) is 9.80 Å². The number of thiophene rings is 1. The average Bonchev–Trinajstić information content (AvgIpc) is 3.55. The largest absolute Gasteiger partial charge is 0.497 e. The van der Waals surface area contributed by atoms with Gasteiger partial charge in [0.05, 0.1) is 12.0 Å². The molecule has 2 aliphatic heterocycles. The molecule has 0 N–H and O–H groups in total. The first-order chi connectivity index (χ1) is 16.6. The van der Waals surface area contributed by atoms with Crippen molar-refractivity contribution in [2.45, 2.75) is 5.92 Å². The summed E-state index contributed by atoms with van der Waals surface area (Å²) in [4.78, 5) is 20.7. The fourth-order valence-corrected chi connectivity index (χ4v) is 5.91. The van der Waals surface area contributed by atoms with E-state index in [0.29, 0.717) is 13.1 Å². The maximum Gasteiger partial charge on any atom is 0.263 e. The smallest absolute Gasteiger partial charge is 0.263 e. The standard InChI is InChI=1S/C27H30FN3O2S/c1-33-24-8-3-7-23(16-24)30-12-10-29(11-13-30)17-21-18-31(27(32)26-9-4-14-34-26)19-25(21)20-5-2-6-22(28)15-20/h2-9,14-16,21,25H,10-13,17-19H2,1H3/t21-,25-/m0/s1. The molecule has 5 nitrogen and oxygen atoms in total. The molecule has 0 bridgehead atoms. The molecule has 0 aliphatic carbocycles. The number of piperazine rings is 1. The average molecular weight is 480 g/mol. The van der Waals surface area contributed by atoms with E-state index in [4.69, 9.17) is 4.74 Å². The van der Waals surface area contributed by atoms with Crippen molar-refractivity contribution in [2.75, 3.05) is 57.8 Å². The molecule has 1 amide bonds. The molecule has 34 heavy (non-hydrogen) atoms. The molecule has 2 aliphatic rings. The van der Waals surface area contributed by atoms with Crippen molar-refractivity contribution >= 4 is 22.9 Å². The van der Waals surface area contributed by atoms with Crippen LogP contribution in [0.4, 0.5) is 10.1 Å². The minimum atomic E-state index is -0.216. The number of hydrogen-bond donors (Lipinski definition) is 0. The summed E-state index contributed by atoms with van der Waals surface area (Å²) in [6.07, 6.45) is 0. The fraction of sp³-hybridized carbons (Fsp3) is 0.370. The molecule has 1 aromatic heterocycles. The quantitative estimate of drug-likeness (QED) is 0.519. The summed E-state index contributed by atoms with van der Waals surface area (Å²) in [5.74, 6) is 1.15. The Hall–Kier alpha value is -2.90. The van der Waals surface area contributed by atoms with Crippen molar-refractivity contribution in [3.63, 3.8) is 0 Å². The van der Waals surface area contributed by atoms with Crippen molar-refractivity contribution in [1.29, 1.82) is 0 Å². The lowest BCUT2D eigenvalue weighted by Crippen LogP contribution is -2.48. The summed E-state index contributed by atoms with van der Waals surface area (Å²) in [7, 11) is 1.69. The number of rotatable bonds is 6. The van der Waals surface area contributed by atoms with Crippen LogP contribution in [0.3, 0.4) is 0 Å². The zero-order valence-corrected chi connectivity index (χ0v) is 20.2. The predicted molar refractivity (Wildman–Crippen MR) is 135 cm³/mol. The van der Waals surface area contributed by atoms with Crippen LogP contribution in [0.5, 0.6) is 5.75 Å². The third-order valence-electron chi connectivity index (χ3n) is 7.02. The Kier molecular flexibility index (Phi) is 6.83. The molecule has 178 valence electrons. The highest BCUT2D eigenvalue weighted by Crippen LogP contribution is 2.35. The number of methoxy groups -OCH3 is 1. The van der Waals surface area contributed by atoms with E-state index >= 15 is 0 Å². The van der Waals surface area contributed by atoms with Crippen molar-refractivity contribution in [3.05, 3.63) is 82.3 Å². The lowest BCUT2D eigenvalue weighted by molar-refractivity contribution is 0.0787. The highest BCUT2D eigenvalue weighted by atomic mass is 32.1. The van der Waals surface area contributed by atoms with Gasteiger partial charge in [-0.25, -0.2) is 4.39 Å². The zero-order valence-electron chi connectivity index (χ0n) is 19.4. The second kappa shape index (κ2) is 10.2. The van der Waals surface area contributed by atoms with E-state index in [2.05, 4.69) is 21.9 Å². The second-order valence-corrected chi connectivity index (χ2v) is 10.0. The maximum absolute atomic E-state index is 14.0. The number of ether oxygens (including phenoxy) is 1. The number of carbonyl (C=O) groups excluding carboxylic acids is 1. The van der Waals surface area contributed by atoms with Crippen LogP contribution in [-0.2, 0) is 0 Å². The molecule has 0 spiro atoms. The molecule has 3 heterocycles. The zero-order chi connectivity index (χ0) is 23.5. The molecular weight excluding hydrogens is 449 g/mol. The van der Waals surface area contributed by atoms with Gasteiger partial charge in [-0.05, 0) is 47.2 Å². The SMILES string of the molecule is COc1cccc(N2CCN(C[C@H]3CN(C(=O)c4cccs4)C[C@H]3c3cccc(F)c3)CC2)c1. The van der Waals surface area contributed by atoms with Crippen LogP contribution >= 0.6 is 11.3 Å². The van der Waals surface area contributed by atoms with Crippen molar-refractivity contribution in [2.24, 2.45) is 5.92 Å². The van der Waals surface area contributed by atoms with E-state index in [1.165, 1.54) is 23.1 Å². The van der Waals surface area contributed by atoms with Crippen LogP contribution in [0, 0.1) is 11.7 Å². The molecule has 2 fully saturated rings. The molecule has 7 heteroatoms. The van der Waals surface area contributed by atoms with Crippen LogP contribution in [0.25, 0.3) is 0 Å². The van der Waals surface area contributed by atoms with Gasteiger partial charge < -0.3 is 14.5 Å². The number of anilines is 1. The maximum atomic E-state index is 14.0. The van der Waals surface area contributed by atoms with Crippen LogP contribution in [0.1, 0.15) is 21.2 Å². The van der Waals surface area contributed by atoms with Crippen molar-refractivity contribution < 1.29 is 13.9 Å². The van der Waals surface area contributed by atoms with E-state index in [0.717, 1.165) is 48.9 Å². The Bertz CT molecular complexity index is 1110. The van der Waals surface area contributed by atoms with Crippen LogP contribution in [0.15, 0.2) is 66.0 Å². The molecule has 0 unspecified atom stereocenters. The highest BCUT2D eigenvalue weighted by molar-refractivity contribution is 7.12. The van der Waals surface area contributed by atoms with Gasteiger partial charge in [-0.2, -0.15) is 0 Å². The third-order valence-corrected chi connectivity index (χ3v) is 7.88. The summed E-state index contributed by atoms with van der Waals surface area (Å²) in [5, 5.41) is 1.94. The predicted octanol–water partition coefficient (Wildman–Crippen LogP) is 4.57. The lowest BCUT2D eigenvalue weighted by atomic mass is 9.88. The fourth-order valence-electron chi connectivity index (χ4n) is 5.22. The molecule has 2 aromatic carbocycles. The first-order valence-electron chi connectivity index (χ1n) is 11.8. The van der Waals surface area contributed by atoms with E-state index in [1.807, 2.05) is 40.6 Å². The number of benzene rings is 2. The van der Waals surface area contributed by atoms with Crippen LogP contribution in [-0.4, -0.2) is 68.6 Å². The molecular formula is C27H30FN3O2S. The Morgan fingerprint density at radius 3 is 2.59 bits per heavy atom. The lowest BCUT2D eigenvalue weighted by Gasteiger charge is -2.38. The van der Waals surface area contributed by atoms with Gasteiger partial charge >= 0.3 is 0 Å². The third kappa shape index (κ3) is 4.95. The minimum absolute atomic E-state index is 0.0850. The van der Waals surface area contributed by atoms with Gasteiger partial charge in [0.25, 0.3) is 5.91 Å². The number of amides is 1. The number of hydrogen-bond acceptors (Lipinski definition) is 5. The van der Waals surface area contributed by atoms with E-state index < -0.39 is 0 Å². The number of halogens is 1. The van der Waals surface area contributed by atoms with Crippen LogP contribution < -0.4 is 9.64 Å². The first-order valence-corrected chi connectivity index (χ1v) is 12.7. The molecule has 3 aromatic rings. The number of carbonyl (C=O) groups is 1. The van der Waals surface area contributed by atoms with Gasteiger partial charge in [-0.3, -0.25) is 9.69 Å². The Morgan fingerprint density at radius 1 is 1.03 bits per heavy atom. The minimum Gasteiger partial charge on any atom is -0.497 e. The summed E-state index contributed by atoms with van der Waals surface area (Å²) in [6.45, 7) is 6.06. The molecule has 5 rings (SSSR count). The first kappa shape index (κ1) is 22.9. The van der Waals surface area contributed by atoms with Gasteiger partial charge in [-0.15, -0.1) is 11.3 Å². The molecule has 2 atom stereocenters.